The molecule has 0 aliphatic carbocycles. The minimum Gasteiger partial charge on any atom is -0.370 e. The van der Waals surface area contributed by atoms with Gasteiger partial charge in [0.15, 0.2) is 17.6 Å². The lowest BCUT2D eigenvalue weighted by Gasteiger charge is -2.49. The molecule has 0 aromatic heterocycles. The van der Waals surface area contributed by atoms with E-state index < -0.39 is 35.5 Å². The van der Waals surface area contributed by atoms with Crippen molar-refractivity contribution >= 4 is 29.6 Å². The fourth-order valence-corrected chi connectivity index (χ4v) is 6.08. The normalized spacial score (nSPS) is 30.0. The number of hydrogen-bond acceptors (Lipinski definition) is 11. The highest BCUT2D eigenvalue weighted by Crippen LogP contribution is 2.45. The summed E-state index contributed by atoms with van der Waals surface area (Å²) >= 11 is 0. The average molecular weight is 513 g/mol. The molecular weight excluding hydrogens is 480 g/mol. The van der Waals surface area contributed by atoms with Crippen molar-refractivity contribution in [3.05, 3.63) is 34.9 Å². The van der Waals surface area contributed by atoms with Crippen LogP contribution in [0.5, 0.6) is 0 Å². The molecule has 1 aromatic rings. The highest BCUT2D eigenvalue weighted by molar-refractivity contribution is 6.02. The number of amides is 3. The van der Waals surface area contributed by atoms with Crippen LogP contribution < -0.4 is 22.1 Å². The Kier molecular flexibility index (Phi) is 5.87. The number of benzene rings is 1. The van der Waals surface area contributed by atoms with Crippen molar-refractivity contribution < 1.29 is 24.6 Å². The molecule has 4 atom stereocenters. The molecule has 5 rings (SSSR count). The van der Waals surface area contributed by atoms with Crippen LogP contribution in [-0.2, 0) is 22.4 Å². The van der Waals surface area contributed by atoms with Crippen LogP contribution in [0.1, 0.15) is 48.2 Å². The second-order valence-corrected chi connectivity index (χ2v) is 9.82. The number of guanidine groups is 2. The van der Waals surface area contributed by atoms with E-state index in [0.29, 0.717) is 12.0 Å². The Bertz CT molecular complexity index is 1210. The zero-order valence-corrected chi connectivity index (χ0v) is 20.8. The Morgan fingerprint density at radius 2 is 1.86 bits per heavy atom. The second kappa shape index (κ2) is 8.70. The standard InChI is InChI=1S/C24H32N8O5/c1-3-12-6-5-7-14(13(12)4-2)20(35)28-16-11-32-22(26)27-15(10-31-17(33)8-9-18(31)34)19-23(32,24(16,36)37)30-21(25)29-19/h5-7,15-16,19,36-37H,3-4,8-11H2,1-2H3,(H2,26,27)(H,28,35)(H3,25,29,30)/t15-,16?,19-,23?/m0/s1. The van der Waals surface area contributed by atoms with E-state index in [1.54, 1.807) is 12.1 Å². The average Bonchev–Trinajstić information content (AvgIpc) is 3.46. The molecule has 2 fully saturated rings. The van der Waals surface area contributed by atoms with E-state index in [4.69, 9.17) is 11.5 Å². The van der Waals surface area contributed by atoms with Crippen LogP contribution in [0.2, 0.25) is 0 Å². The first-order chi connectivity index (χ1) is 17.5. The molecule has 0 radical (unpaired) electrons. The predicted octanol–water partition coefficient (Wildman–Crippen LogP) is -2.26. The third-order valence-corrected chi connectivity index (χ3v) is 7.88. The molecule has 4 heterocycles. The first-order valence-corrected chi connectivity index (χ1v) is 12.5. The Hall–Kier alpha value is -3.71. The van der Waals surface area contributed by atoms with Gasteiger partial charge in [0, 0.05) is 24.9 Å². The third kappa shape index (κ3) is 3.55. The van der Waals surface area contributed by atoms with Gasteiger partial charge < -0.3 is 37.2 Å². The minimum absolute atomic E-state index is 0.0517. The molecule has 2 saturated heterocycles. The number of nitrogens with zero attached hydrogens (tertiary/aromatic N) is 4. The summed E-state index contributed by atoms with van der Waals surface area (Å²) < 4.78 is 0. The quantitative estimate of drug-likeness (QED) is 0.180. The molecule has 4 aliphatic rings. The summed E-state index contributed by atoms with van der Waals surface area (Å²) in [5, 5.41) is 28.8. The summed E-state index contributed by atoms with van der Waals surface area (Å²) in [4.78, 5) is 49.2. The zero-order chi connectivity index (χ0) is 26.7. The Labute approximate surface area is 213 Å². The van der Waals surface area contributed by atoms with Gasteiger partial charge in [-0.05, 0) is 30.0 Å². The van der Waals surface area contributed by atoms with Crippen LogP contribution in [0.3, 0.4) is 0 Å². The van der Waals surface area contributed by atoms with Crippen LogP contribution in [0.15, 0.2) is 28.2 Å². The van der Waals surface area contributed by atoms with Gasteiger partial charge in [-0.25, -0.2) is 9.98 Å². The molecule has 0 bridgehead atoms. The van der Waals surface area contributed by atoms with Crippen molar-refractivity contribution in [2.45, 2.75) is 69.1 Å². The number of aliphatic imine (C=N–C) groups is 2. The SMILES string of the molecule is CCc1cccc(C(=O)NC2CN3C(N)=N[C@@H](CN4C(=O)CCC4=O)[C@@H]4N=C(N)NC43C2(O)O)c1CC. The van der Waals surface area contributed by atoms with Crippen molar-refractivity contribution in [2.75, 3.05) is 13.1 Å². The van der Waals surface area contributed by atoms with Gasteiger partial charge in [-0.1, -0.05) is 26.0 Å². The molecule has 8 N–H and O–H groups in total. The highest BCUT2D eigenvalue weighted by Gasteiger charge is 2.73. The number of carbonyl (C=O) groups excluding carboxylic acids is 3. The fraction of sp³-hybridized carbons (Fsp3) is 0.542. The summed E-state index contributed by atoms with van der Waals surface area (Å²) in [6.45, 7) is 3.75. The zero-order valence-electron chi connectivity index (χ0n) is 20.8. The number of aryl methyl sites for hydroxylation is 1. The number of imide groups is 1. The van der Waals surface area contributed by atoms with E-state index in [1.807, 2.05) is 19.9 Å². The highest BCUT2D eigenvalue weighted by atomic mass is 16.5. The molecule has 198 valence electrons. The first kappa shape index (κ1) is 25.0. The molecule has 3 amide bonds. The topological polar surface area (TPSA) is 199 Å². The number of nitrogens with two attached hydrogens (primary N) is 2. The molecule has 13 heteroatoms. The molecule has 4 aliphatic heterocycles. The minimum atomic E-state index is -2.61. The summed E-state index contributed by atoms with van der Waals surface area (Å²) in [5.41, 5.74) is 12.9. The molecule has 1 spiro atoms. The number of hydrogen-bond donors (Lipinski definition) is 6. The van der Waals surface area contributed by atoms with Crippen molar-refractivity contribution in [1.82, 2.24) is 20.4 Å². The van der Waals surface area contributed by atoms with Crippen molar-refractivity contribution in [3.63, 3.8) is 0 Å². The third-order valence-electron chi connectivity index (χ3n) is 7.88. The van der Waals surface area contributed by atoms with E-state index in [-0.39, 0.29) is 49.7 Å². The van der Waals surface area contributed by atoms with Crippen molar-refractivity contribution in [3.8, 4) is 0 Å². The maximum atomic E-state index is 13.4. The summed E-state index contributed by atoms with van der Waals surface area (Å²) in [7, 11) is 0. The van der Waals surface area contributed by atoms with Crippen LogP contribution >= 0.6 is 0 Å². The summed E-state index contributed by atoms with van der Waals surface area (Å²) in [5.74, 6) is -3.86. The molecule has 37 heavy (non-hydrogen) atoms. The lowest BCUT2D eigenvalue weighted by atomic mass is 9.84. The van der Waals surface area contributed by atoms with Crippen LogP contribution in [0, 0.1) is 0 Å². The first-order valence-electron chi connectivity index (χ1n) is 12.5. The van der Waals surface area contributed by atoms with Gasteiger partial charge in [0.2, 0.25) is 17.6 Å². The number of rotatable bonds is 6. The fourth-order valence-electron chi connectivity index (χ4n) is 6.08. The van der Waals surface area contributed by atoms with E-state index in [9.17, 15) is 24.6 Å². The number of nitrogens with one attached hydrogen (secondary N) is 2. The van der Waals surface area contributed by atoms with Gasteiger partial charge in [-0.3, -0.25) is 19.3 Å². The molecule has 0 saturated carbocycles. The molecule has 2 unspecified atom stereocenters. The van der Waals surface area contributed by atoms with Gasteiger partial charge >= 0.3 is 0 Å². The van der Waals surface area contributed by atoms with E-state index in [0.717, 1.165) is 22.4 Å². The largest absolute Gasteiger partial charge is 0.370 e. The Balaban J connectivity index is 1.47. The van der Waals surface area contributed by atoms with Crippen LogP contribution in [0.4, 0.5) is 0 Å². The second-order valence-electron chi connectivity index (χ2n) is 9.82. The number of likely N-dealkylation sites (tertiary alicyclic amines) is 1. The van der Waals surface area contributed by atoms with Crippen molar-refractivity contribution in [2.24, 2.45) is 21.5 Å². The van der Waals surface area contributed by atoms with Crippen LogP contribution in [-0.4, -0.2) is 92.3 Å². The van der Waals surface area contributed by atoms with E-state index in [1.165, 1.54) is 4.90 Å². The number of aliphatic hydroxyl groups is 2. The van der Waals surface area contributed by atoms with Gasteiger partial charge in [0.1, 0.15) is 12.1 Å². The van der Waals surface area contributed by atoms with Gasteiger partial charge in [-0.15, -0.1) is 0 Å². The van der Waals surface area contributed by atoms with E-state index in [2.05, 4.69) is 20.6 Å². The molecule has 1 aromatic carbocycles. The maximum absolute atomic E-state index is 13.4. The number of carbonyl (C=O) groups is 3. The smallest absolute Gasteiger partial charge is 0.252 e. The van der Waals surface area contributed by atoms with Crippen molar-refractivity contribution in [1.29, 1.82) is 0 Å². The van der Waals surface area contributed by atoms with Gasteiger partial charge in [0.25, 0.3) is 5.91 Å². The lowest BCUT2D eigenvalue weighted by molar-refractivity contribution is -0.230. The Morgan fingerprint density at radius 3 is 2.51 bits per heavy atom. The van der Waals surface area contributed by atoms with Gasteiger partial charge in [0.05, 0.1) is 12.6 Å². The molecular formula is C24H32N8O5. The maximum Gasteiger partial charge on any atom is 0.252 e. The summed E-state index contributed by atoms with van der Waals surface area (Å²) in [6, 6.07) is 2.39. The van der Waals surface area contributed by atoms with E-state index >= 15 is 0 Å². The van der Waals surface area contributed by atoms with Gasteiger partial charge in [-0.2, -0.15) is 0 Å². The molecule has 13 nitrogen and oxygen atoms in total. The summed E-state index contributed by atoms with van der Waals surface area (Å²) in [6.07, 6.45) is 1.61. The monoisotopic (exact) mass is 512 g/mol. The Morgan fingerprint density at radius 1 is 1.16 bits per heavy atom. The van der Waals surface area contributed by atoms with Crippen LogP contribution in [0.25, 0.3) is 0 Å². The lowest BCUT2D eigenvalue weighted by Crippen LogP contribution is -2.78. The predicted molar refractivity (Wildman–Crippen MR) is 133 cm³/mol.